The number of aliphatic hydroxyl groups is 1. The van der Waals surface area contributed by atoms with Crippen LogP contribution in [0.3, 0.4) is 0 Å². The molecule has 1 aromatic rings. The highest BCUT2D eigenvalue weighted by molar-refractivity contribution is 6.06. The minimum Gasteiger partial charge on any atom is -0.394 e. The summed E-state index contributed by atoms with van der Waals surface area (Å²) in [6, 6.07) is 8.91. The van der Waals surface area contributed by atoms with E-state index in [1.165, 1.54) is 4.90 Å². The number of likely N-dealkylation sites (tertiary alicyclic amines) is 1. The Morgan fingerprint density at radius 2 is 1.89 bits per heavy atom. The second-order valence-corrected chi connectivity index (χ2v) is 5.26. The third-order valence-corrected chi connectivity index (χ3v) is 3.67. The number of benzene rings is 1. The van der Waals surface area contributed by atoms with E-state index in [0.29, 0.717) is 0 Å². The fourth-order valence-electron chi connectivity index (χ4n) is 2.54. The highest BCUT2D eigenvalue weighted by Crippen LogP contribution is 2.32. The summed E-state index contributed by atoms with van der Waals surface area (Å²) in [6.45, 7) is 3.62. The molecule has 1 aliphatic rings. The van der Waals surface area contributed by atoms with E-state index in [2.05, 4.69) is 0 Å². The van der Waals surface area contributed by atoms with E-state index in [1.54, 1.807) is 0 Å². The highest BCUT2D eigenvalue weighted by atomic mass is 16.3. The number of aliphatic hydroxyl groups excluding tert-OH is 1. The van der Waals surface area contributed by atoms with Gasteiger partial charge in [0.25, 0.3) is 0 Å². The van der Waals surface area contributed by atoms with Crippen molar-refractivity contribution in [2.75, 3.05) is 6.61 Å². The van der Waals surface area contributed by atoms with E-state index in [4.69, 9.17) is 0 Å². The van der Waals surface area contributed by atoms with Crippen LogP contribution in [0.1, 0.15) is 31.7 Å². The Morgan fingerprint density at radius 1 is 1.26 bits per heavy atom. The Balaban J connectivity index is 2.26. The Bertz CT molecular complexity index is 470. The van der Waals surface area contributed by atoms with E-state index in [0.717, 1.165) is 5.56 Å². The van der Waals surface area contributed by atoms with Gasteiger partial charge in [0.15, 0.2) is 0 Å². The van der Waals surface area contributed by atoms with Gasteiger partial charge in [-0.3, -0.25) is 14.5 Å². The van der Waals surface area contributed by atoms with Crippen molar-refractivity contribution in [3.8, 4) is 0 Å². The molecule has 1 aliphatic heterocycles. The molecule has 0 aliphatic carbocycles. The molecule has 2 rings (SSSR count). The minimum atomic E-state index is -0.422. The lowest BCUT2D eigenvalue weighted by atomic mass is 9.97. The number of imide groups is 1. The molecule has 1 saturated heterocycles. The third kappa shape index (κ3) is 2.54. The predicted molar refractivity (Wildman–Crippen MR) is 71.4 cm³/mol. The van der Waals surface area contributed by atoms with E-state index in [-0.39, 0.29) is 30.8 Å². The van der Waals surface area contributed by atoms with Gasteiger partial charge in [0, 0.05) is 6.42 Å². The molecule has 4 heteroatoms. The summed E-state index contributed by atoms with van der Waals surface area (Å²) >= 11 is 0. The quantitative estimate of drug-likeness (QED) is 0.837. The topological polar surface area (TPSA) is 57.6 Å². The molecule has 102 valence electrons. The summed E-state index contributed by atoms with van der Waals surface area (Å²) in [5, 5.41) is 9.40. The maximum absolute atomic E-state index is 12.4. The molecule has 0 aromatic heterocycles. The average Bonchev–Trinajstić information content (AvgIpc) is 2.68. The van der Waals surface area contributed by atoms with E-state index in [9.17, 15) is 14.7 Å². The molecule has 0 bridgehead atoms. The van der Waals surface area contributed by atoms with Gasteiger partial charge in [0.05, 0.1) is 18.6 Å². The molecule has 2 amide bonds. The number of rotatable bonds is 4. The first-order valence-electron chi connectivity index (χ1n) is 6.58. The summed E-state index contributed by atoms with van der Waals surface area (Å²) in [4.78, 5) is 25.7. The second-order valence-electron chi connectivity index (χ2n) is 5.26. The van der Waals surface area contributed by atoms with Crippen LogP contribution < -0.4 is 0 Å². The molecule has 1 unspecified atom stereocenters. The first-order valence-corrected chi connectivity index (χ1v) is 6.58. The predicted octanol–water partition coefficient (Wildman–Crippen LogP) is 1.55. The van der Waals surface area contributed by atoms with Crippen LogP contribution in [0.4, 0.5) is 0 Å². The van der Waals surface area contributed by atoms with Gasteiger partial charge in [0.2, 0.25) is 11.8 Å². The van der Waals surface area contributed by atoms with Gasteiger partial charge >= 0.3 is 0 Å². The van der Waals surface area contributed by atoms with Gasteiger partial charge in [-0.05, 0) is 11.5 Å². The van der Waals surface area contributed by atoms with Crippen molar-refractivity contribution in [3.63, 3.8) is 0 Å². The summed E-state index contributed by atoms with van der Waals surface area (Å²) in [7, 11) is 0. The van der Waals surface area contributed by atoms with Crippen LogP contribution >= 0.6 is 0 Å². The van der Waals surface area contributed by atoms with Crippen molar-refractivity contribution in [2.24, 2.45) is 5.92 Å². The van der Waals surface area contributed by atoms with E-state index >= 15 is 0 Å². The number of hydrogen-bond acceptors (Lipinski definition) is 3. The monoisotopic (exact) mass is 261 g/mol. The van der Waals surface area contributed by atoms with Gasteiger partial charge in [-0.15, -0.1) is 0 Å². The maximum atomic E-state index is 12.4. The van der Waals surface area contributed by atoms with Crippen LogP contribution in [0.25, 0.3) is 0 Å². The largest absolute Gasteiger partial charge is 0.394 e. The Labute approximate surface area is 113 Å². The lowest BCUT2D eigenvalue weighted by molar-refractivity contribution is -0.143. The normalized spacial score (nSPS) is 21.3. The summed E-state index contributed by atoms with van der Waals surface area (Å²) < 4.78 is 0. The molecule has 4 nitrogen and oxygen atoms in total. The fourth-order valence-corrected chi connectivity index (χ4v) is 2.54. The van der Waals surface area contributed by atoms with Gasteiger partial charge in [-0.1, -0.05) is 44.2 Å². The van der Waals surface area contributed by atoms with Crippen molar-refractivity contribution >= 4 is 11.8 Å². The Kier molecular flexibility index (Phi) is 4.00. The second kappa shape index (κ2) is 5.53. The van der Waals surface area contributed by atoms with Crippen LogP contribution in [0.15, 0.2) is 30.3 Å². The van der Waals surface area contributed by atoms with E-state index in [1.807, 2.05) is 44.2 Å². The molecule has 1 fully saturated rings. The van der Waals surface area contributed by atoms with Crippen molar-refractivity contribution in [1.82, 2.24) is 4.90 Å². The standard InChI is InChI=1S/C15H19NO3/c1-10(2)13(9-17)16-14(18)8-12(15(16)19)11-6-4-3-5-7-11/h3-7,10,12-13,17H,8-9H2,1-2H3/t12?,13-/m0/s1. The summed E-state index contributed by atoms with van der Waals surface area (Å²) in [5.74, 6) is -0.732. The number of amides is 2. The maximum Gasteiger partial charge on any atom is 0.237 e. The fraction of sp³-hybridized carbons (Fsp3) is 0.467. The molecule has 1 aromatic carbocycles. The third-order valence-electron chi connectivity index (χ3n) is 3.67. The van der Waals surface area contributed by atoms with Crippen LogP contribution in [0.5, 0.6) is 0 Å². The number of nitrogens with zero attached hydrogens (tertiary/aromatic N) is 1. The van der Waals surface area contributed by atoms with Gasteiger partial charge in [-0.25, -0.2) is 0 Å². The lowest BCUT2D eigenvalue weighted by Crippen LogP contribution is -2.45. The van der Waals surface area contributed by atoms with Crippen molar-refractivity contribution in [3.05, 3.63) is 35.9 Å². The first kappa shape index (κ1) is 13.7. The molecule has 1 heterocycles. The van der Waals surface area contributed by atoms with Crippen LogP contribution in [-0.4, -0.2) is 34.5 Å². The smallest absolute Gasteiger partial charge is 0.237 e. The minimum absolute atomic E-state index is 0.0485. The molecule has 2 atom stereocenters. The SMILES string of the molecule is CC(C)[C@H](CO)N1C(=O)CC(c2ccccc2)C1=O. The molecule has 0 radical (unpaired) electrons. The lowest BCUT2D eigenvalue weighted by Gasteiger charge is -2.28. The van der Waals surface area contributed by atoms with E-state index < -0.39 is 12.0 Å². The van der Waals surface area contributed by atoms with Crippen molar-refractivity contribution in [2.45, 2.75) is 32.2 Å². The van der Waals surface area contributed by atoms with Gasteiger partial charge < -0.3 is 5.11 Å². The highest BCUT2D eigenvalue weighted by Gasteiger charge is 2.43. The van der Waals surface area contributed by atoms with Gasteiger partial charge in [-0.2, -0.15) is 0 Å². The Morgan fingerprint density at radius 3 is 2.42 bits per heavy atom. The van der Waals surface area contributed by atoms with Crippen molar-refractivity contribution in [1.29, 1.82) is 0 Å². The van der Waals surface area contributed by atoms with Crippen LogP contribution in [0, 0.1) is 5.92 Å². The summed E-state index contributed by atoms with van der Waals surface area (Å²) in [5.41, 5.74) is 0.865. The van der Waals surface area contributed by atoms with Crippen LogP contribution in [0.2, 0.25) is 0 Å². The Hall–Kier alpha value is -1.68. The zero-order chi connectivity index (χ0) is 14.0. The zero-order valence-corrected chi connectivity index (χ0v) is 11.2. The first-order chi connectivity index (χ1) is 9.06. The summed E-state index contributed by atoms with van der Waals surface area (Å²) in [6.07, 6.45) is 0.200. The van der Waals surface area contributed by atoms with Gasteiger partial charge in [0.1, 0.15) is 0 Å². The van der Waals surface area contributed by atoms with Crippen molar-refractivity contribution < 1.29 is 14.7 Å². The number of carbonyl (C=O) groups is 2. The molecular formula is C15H19NO3. The molecular weight excluding hydrogens is 242 g/mol. The molecule has 1 N–H and O–H groups in total. The molecule has 19 heavy (non-hydrogen) atoms. The average molecular weight is 261 g/mol. The van der Waals surface area contributed by atoms with Crippen LogP contribution in [-0.2, 0) is 9.59 Å². The zero-order valence-electron chi connectivity index (χ0n) is 11.2. The number of carbonyl (C=O) groups excluding carboxylic acids is 2. The molecule has 0 spiro atoms. The number of hydrogen-bond donors (Lipinski definition) is 1. The molecule has 0 saturated carbocycles.